The first kappa shape index (κ1) is 18.4. The van der Waals surface area contributed by atoms with Crippen molar-refractivity contribution in [3.05, 3.63) is 42.0 Å². The van der Waals surface area contributed by atoms with Gasteiger partial charge in [0.25, 0.3) is 0 Å². The molecule has 0 aliphatic carbocycles. The molecule has 1 N–H and O–H groups in total. The second kappa shape index (κ2) is 7.95. The van der Waals surface area contributed by atoms with Crippen molar-refractivity contribution in [3.63, 3.8) is 0 Å². The van der Waals surface area contributed by atoms with Gasteiger partial charge in [-0.3, -0.25) is 0 Å². The lowest BCUT2D eigenvalue weighted by atomic mass is 10.3. The van der Waals surface area contributed by atoms with E-state index in [-0.39, 0.29) is 11.7 Å². The van der Waals surface area contributed by atoms with Crippen LogP contribution in [-0.2, 0) is 0 Å². The number of rotatable bonds is 3. The van der Waals surface area contributed by atoms with Crippen molar-refractivity contribution in [2.75, 3.05) is 54.4 Å². The second-order valence-corrected chi connectivity index (χ2v) is 6.98. The Morgan fingerprint density at radius 2 is 1.43 bits per heavy atom. The lowest BCUT2D eigenvalue weighted by Gasteiger charge is -2.35. The molecule has 3 heterocycles. The minimum absolute atomic E-state index is 0.231. The summed E-state index contributed by atoms with van der Waals surface area (Å²) in [4.78, 5) is 18.3. The molecule has 2 amide bonds. The molecule has 1 aromatic carbocycles. The molecule has 0 atom stereocenters. The normalized spacial score (nSPS) is 17.1. The number of anilines is 3. The average Bonchev–Trinajstić information content (AvgIpc) is 3.26. The summed E-state index contributed by atoms with van der Waals surface area (Å²) in [7, 11) is 0. The minimum atomic E-state index is -0.987. The van der Waals surface area contributed by atoms with Gasteiger partial charge in [-0.25, -0.2) is 13.6 Å². The van der Waals surface area contributed by atoms with Crippen LogP contribution in [-0.4, -0.2) is 60.4 Å². The van der Waals surface area contributed by atoms with Gasteiger partial charge >= 0.3 is 6.03 Å². The maximum absolute atomic E-state index is 13.3. The van der Waals surface area contributed by atoms with E-state index in [1.165, 1.54) is 18.9 Å². The van der Waals surface area contributed by atoms with E-state index in [0.29, 0.717) is 26.2 Å². The molecule has 9 heteroatoms. The zero-order valence-corrected chi connectivity index (χ0v) is 15.4. The summed E-state index contributed by atoms with van der Waals surface area (Å²) < 4.78 is 26.3. The van der Waals surface area contributed by atoms with Gasteiger partial charge in [0.1, 0.15) is 0 Å². The van der Waals surface area contributed by atoms with Crippen molar-refractivity contribution in [2.24, 2.45) is 0 Å². The number of nitrogens with zero attached hydrogens (tertiary/aromatic N) is 5. The SMILES string of the molecule is O=C(Nc1ccc(F)c(F)c1)N1CCN(c2ccc(N3CCCC3)nn2)CC1. The smallest absolute Gasteiger partial charge is 0.321 e. The van der Waals surface area contributed by atoms with Gasteiger partial charge in [0, 0.05) is 51.0 Å². The lowest BCUT2D eigenvalue weighted by molar-refractivity contribution is 0.208. The second-order valence-electron chi connectivity index (χ2n) is 6.98. The highest BCUT2D eigenvalue weighted by molar-refractivity contribution is 5.89. The van der Waals surface area contributed by atoms with Crippen molar-refractivity contribution in [1.82, 2.24) is 15.1 Å². The molecule has 0 radical (unpaired) electrons. The molecule has 0 unspecified atom stereocenters. The standard InChI is InChI=1S/C19H22F2N6O/c20-15-4-3-14(13-16(15)21)22-19(28)27-11-9-26(10-12-27)18-6-5-17(23-24-18)25-7-1-2-8-25/h3-6,13H,1-2,7-12H2,(H,22,28). The number of piperazine rings is 1. The Morgan fingerprint density at radius 3 is 2.00 bits per heavy atom. The number of halogens is 2. The van der Waals surface area contributed by atoms with E-state index < -0.39 is 11.6 Å². The van der Waals surface area contributed by atoms with Crippen LogP contribution in [0.4, 0.5) is 30.9 Å². The molecular weight excluding hydrogens is 366 g/mol. The predicted octanol–water partition coefficient (Wildman–Crippen LogP) is 2.71. The number of hydrogen-bond donors (Lipinski definition) is 1. The summed E-state index contributed by atoms with van der Waals surface area (Å²) >= 11 is 0. The van der Waals surface area contributed by atoms with E-state index >= 15 is 0 Å². The summed E-state index contributed by atoms with van der Waals surface area (Å²) in [6.07, 6.45) is 2.38. The van der Waals surface area contributed by atoms with Gasteiger partial charge in [0.15, 0.2) is 23.3 Å². The summed E-state index contributed by atoms with van der Waals surface area (Å²) in [5.41, 5.74) is 0.231. The van der Waals surface area contributed by atoms with Gasteiger partial charge in [-0.05, 0) is 37.1 Å². The molecule has 0 bridgehead atoms. The third-order valence-corrected chi connectivity index (χ3v) is 5.13. The van der Waals surface area contributed by atoms with Crippen LogP contribution in [0.1, 0.15) is 12.8 Å². The van der Waals surface area contributed by atoms with Crippen LogP contribution in [0.25, 0.3) is 0 Å². The molecule has 2 aliphatic rings. The highest BCUT2D eigenvalue weighted by atomic mass is 19.2. The third kappa shape index (κ3) is 3.97. The van der Waals surface area contributed by atoms with E-state index in [2.05, 4.69) is 25.3 Å². The number of urea groups is 1. The molecule has 0 spiro atoms. The maximum atomic E-state index is 13.3. The van der Waals surface area contributed by atoms with E-state index in [9.17, 15) is 13.6 Å². The number of hydrogen-bond acceptors (Lipinski definition) is 5. The Hall–Kier alpha value is -2.97. The minimum Gasteiger partial charge on any atom is -0.355 e. The summed E-state index contributed by atoms with van der Waals surface area (Å²) in [5.74, 6) is -0.226. The van der Waals surface area contributed by atoms with E-state index in [1.807, 2.05) is 12.1 Å². The number of nitrogens with one attached hydrogen (secondary N) is 1. The van der Waals surface area contributed by atoms with Gasteiger partial charge in [-0.15, -0.1) is 10.2 Å². The lowest BCUT2D eigenvalue weighted by Crippen LogP contribution is -2.50. The molecule has 0 saturated carbocycles. The number of benzene rings is 1. The van der Waals surface area contributed by atoms with Crippen LogP contribution in [0.15, 0.2) is 30.3 Å². The number of carbonyl (C=O) groups is 1. The highest BCUT2D eigenvalue weighted by Gasteiger charge is 2.23. The fraction of sp³-hybridized carbons (Fsp3) is 0.421. The zero-order valence-electron chi connectivity index (χ0n) is 15.4. The van der Waals surface area contributed by atoms with Gasteiger partial charge in [-0.2, -0.15) is 0 Å². The fourth-order valence-corrected chi connectivity index (χ4v) is 3.52. The topological polar surface area (TPSA) is 64.6 Å². The number of carbonyl (C=O) groups excluding carboxylic acids is 1. The summed E-state index contributed by atoms with van der Waals surface area (Å²) in [6, 6.07) is 6.94. The Labute approximate surface area is 161 Å². The summed E-state index contributed by atoms with van der Waals surface area (Å²) in [6.45, 7) is 4.32. The first-order valence-corrected chi connectivity index (χ1v) is 9.45. The first-order chi connectivity index (χ1) is 13.6. The first-order valence-electron chi connectivity index (χ1n) is 9.45. The van der Waals surface area contributed by atoms with Crippen LogP contribution in [0, 0.1) is 11.6 Å². The van der Waals surface area contributed by atoms with Crippen molar-refractivity contribution in [3.8, 4) is 0 Å². The highest BCUT2D eigenvalue weighted by Crippen LogP contribution is 2.20. The molecule has 2 aromatic rings. The Kier molecular flexibility index (Phi) is 5.23. The quantitative estimate of drug-likeness (QED) is 0.876. The van der Waals surface area contributed by atoms with Crippen LogP contribution >= 0.6 is 0 Å². The molecule has 28 heavy (non-hydrogen) atoms. The summed E-state index contributed by atoms with van der Waals surface area (Å²) in [5, 5.41) is 11.3. The molecule has 148 valence electrons. The zero-order chi connectivity index (χ0) is 19.5. The van der Waals surface area contributed by atoms with E-state index in [0.717, 1.165) is 36.9 Å². The van der Waals surface area contributed by atoms with Crippen LogP contribution < -0.4 is 15.1 Å². The molecule has 1 aromatic heterocycles. The molecule has 7 nitrogen and oxygen atoms in total. The van der Waals surface area contributed by atoms with Crippen LogP contribution in [0.5, 0.6) is 0 Å². The van der Waals surface area contributed by atoms with Crippen molar-refractivity contribution in [2.45, 2.75) is 12.8 Å². The number of amides is 2. The predicted molar refractivity (Wildman–Crippen MR) is 103 cm³/mol. The largest absolute Gasteiger partial charge is 0.355 e. The Bertz CT molecular complexity index is 833. The van der Waals surface area contributed by atoms with Gasteiger partial charge in [0.05, 0.1) is 0 Å². The third-order valence-electron chi connectivity index (χ3n) is 5.13. The van der Waals surface area contributed by atoms with E-state index in [4.69, 9.17) is 0 Å². The Balaban J connectivity index is 1.31. The molecule has 2 fully saturated rings. The maximum Gasteiger partial charge on any atom is 0.321 e. The fourth-order valence-electron chi connectivity index (χ4n) is 3.52. The van der Waals surface area contributed by atoms with E-state index in [1.54, 1.807) is 4.90 Å². The van der Waals surface area contributed by atoms with Crippen molar-refractivity contribution in [1.29, 1.82) is 0 Å². The monoisotopic (exact) mass is 388 g/mol. The number of aromatic nitrogens is 2. The average molecular weight is 388 g/mol. The molecule has 2 saturated heterocycles. The van der Waals surface area contributed by atoms with Gasteiger partial charge in [-0.1, -0.05) is 0 Å². The van der Waals surface area contributed by atoms with Crippen LogP contribution in [0.2, 0.25) is 0 Å². The molecular formula is C19H22F2N6O. The molecule has 2 aliphatic heterocycles. The Morgan fingerprint density at radius 1 is 0.821 bits per heavy atom. The molecule has 4 rings (SSSR count). The van der Waals surface area contributed by atoms with Crippen molar-refractivity contribution < 1.29 is 13.6 Å². The van der Waals surface area contributed by atoms with Gasteiger partial charge < -0.3 is 20.0 Å². The van der Waals surface area contributed by atoms with Gasteiger partial charge in [0.2, 0.25) is 0 Å². The van der Waals surface area contributed by atoms with Crippen molar-refractivity contribution >= 4 is 23.4 Å². The van der Waals surface area contributed by atoms with Crippen LogP contribution in [0.3, 0.4) is 0 Å².